The van der Waals surface area contributed by atoms with Crippen LogP contribution in [0.2, 0.25) is 0 Å². The highest BCUT2D eigenvalue weighted by molar-refractivity contribution is 7.89. The van der Waals surface area contributed by atoms with Crippen LogP contribution in [0.4, 0.5) is 0 Å². The van der Waals surface area contributed by atoms with Gasteiger partial charge >= 0.3 is 0 Å². The standard InChI is InChI=1S/C13H21N3O4S2/c1-10-8-12(4-5-13(10)21(17,18)14-2)22(19,20)16(3)11-6-7-15-9-11/h4-5,8,11,14-15H,6-7,9H2,1-3H3. The van der Waals surface area contributed by atoms with Crippen molar-refractivity contribution in [2.45, 2.75) is 29.2 Å². The molecule has 1 aliphatic rings. The van der Waals surface area contributed by atoms with Gasteiger partial charge < -0.3 is 5.32 Å². The van der Waals surface area contributed by atoms with Crippen LogP contribution in [0.3, 0.4) is 0 Å². The molecular weight excluding hydrogens is 326 g/mol. The third-order valence-corrected chi connectivity index (χ3v) is 7.41. The van der Waals surface area contributed by atoms with Crippen LogP contribution in [0, 0.1) is 6.92 Å². The van der Waals surface area contributed by atoms with Crippen LogP contribution in [-0.2, 0) is 20.0 Å². The summed E-state index contributed by atoms with van der Waals surface area (Å²) in [6.07, 6.45) is 0.765. The zero-order valence-electron chi connectivity index (χ0n) is 12.8. The average molecular weight is 347 g/mol. The van der Waals surface area contributed by atoms with Gasteiger partial charge in [0.2, 0.25) is 20.0 Å². The minimum Gasteiger partial charge on any atom is -0.315 e. The fourth-order valence-corrected chi connectivity index (χ4v) is 4.93. The van der Waals surface area contributed by atoms with Gasteiger partial charge in [0.25, 0.3) is 0 Å². The van der Waals surface area contributed by atoms with Crippen LogP contribution in [0.5, 0.6) is 0 Å². The Morgan fingerprint density at radius 2 is 1.95 bits per heavy atom. The minimum atomic E-state index is -3.64. The highest BCUT2D eigenvalue weighted by Crippen LogP contribution is 2.23. The van der Waals surface area contributed by atoms with E-state index in [-0.39, 0.29) is 15.8 Å². The van der Waals surface area contributed by atoms with Crippen molar-refractivity contribution in [1.29, 1.82) is 0 Å². The smallest absolute Gasteiger partial charge is 0.243 e. The van der Waals surface area contributed by atoms with Gasteiger partial charge in [0.15, 0.2) is 0 Å². The van der Waals surface area contributed by atoms with Crippen LogP contribution < -0.4 is 10.0 Å². The summed E-state index contributed by atoms with van der Waals surface area (Å²) >= 11 is 0. The minimum absolute atomic E-state index is 0.0778. The topological polar surface area (TPSA) is 95.6 Å². The van der Waals surface area contributed by atoms with Gasteiger partial charge in [-0.3, -0.25) is 0 Å². The Bertz CT molecular complexity index is 753. The van der Waals surface area contributed by atoms with E-state index in [1.807, 2.05) is 0 Å². The highest BCUT2D eigenvalue weighted by Gasteiger charge is 2.30. The molecule has 2 N–H and O–H groups in total. The molecule has 1 aromatic carbocycles. The van der Waals surface area contributed by atoms with Crippen LogP contribution in [0.1, 0.15) is 12.0 Å². The van der Waals surface area contributed by atoms with Crippen molar-refractivity contribution in [2.24, 2.45) is 0 Å². The predicted molar refractivity (Wildman–Crippen MR) is 83.6 cm³/mol. The molecule has 1 unspecified atom stereocenters. The molecule has 0 bridgehead atoms. The average Bonchev–Trinajstić information content (AvgIpc) is 3.00. The first-order chi connectivity index (χ1) is 10.2. The van der Waals surface area contributed by atoms with Gasteiger partial charge in [0.05, 0.1) is 9.79 Å². The number of nitrogens with one attached hydrogen (secondary N) is 2. The Labute approximate surface area is 131 Å². The van der Waals surface area contributed by atoms with Crippen molar-refractivity contribution < 1.29 is 16.8 Å². The van der Waals surface area contributed by atoms with Crippen molar-refractivity contribution in [3.8, 4) is 0 Å². The fourth-order valence-electron chi connectivity index (χ4n) is 2.51. The lowest BCUT2D eigenvalue weighted by Crippen LogP contribution is -2.38. The number of hydrogen-bond donors (Lipinski definition) is 2. The van der Waals surface area contributed by atoms with Gasteiger partial charge in [-0.15, -0.1) is 0 Å². The van der Waals surface area contributed by atoms with Crippen molar-refractivity contribution in [3.63, 3.8) is 0 Å². The maximum atomic E-state index is 12.6. The van der Waals surface area contributed by atoms with Gasteiger partial charge in [-0.25, -0.2) is 21.6 Å². The number of likely N-dealkylation sites (N-methyl/N-ethyl adjacent to an activating group) is 1. The van der Waals surface area contributed by atoms with E-state index in [2.05, 4.69) is 10.0 Å². The van der Waals surface area contributed by atoms with E-state index in [1.165, 1.54) is 29.6 Å². The molecule has 0 spiro atoms. The second kappa shape index (κ2) is 6.25. The van der Waals surface area contributed by atoms with Crippen LogP contribution in [-0.4, -0.2) is 54.4 Å². The molecule has 1 aromatic rings. The predicted octanol–water partition coefficient (Wildman–Crippen LogP) is -0.114. The van der Waals surface area contributed by atoms with E-state index >= 15 is 0 Å². The first-order valence-corrected chi connectivity index (χ1v) is 9.85. The summed E-state index contributed by atoms with van der Waals surface area (Å²) in [5.41, 5.74) is 0.397. The second-order valence-electron chi connectivity index (χ2n) is 5.30. The molecule has 1 fully saturated rings. The highest BCUT2D eigenvalue weighted by atomic mass is 32.2. The van der Waals surface area contributed by atoms with Crippen LogP contribution in [0.25, 0.3) is 0 Å². The molecule has 22 heavy (non-hydrogen) atoms. The number of nitrogens with zero attached hydrogens (tertiary/aromatic N) is 1. The van der Waals surface area contributed by atoms with Crippen molar-refractivity contribution in [1.82, 2.24) is 14.3 Å². The Morgan fingerprint density at radius 1 is 1.27 bits per heavy atom. The molecule has 124 valence electrons. The number of sulfonamides is 2. The molecule has 1 atom stereocenters. The number of aryl methyl sites for hydroxylation is 1. The molecule has 0 radical (unpaired) electrons. The molecule has 9 heteroatoms. The molecule has 0 amide bonds. The molecule has 1 aliphatic heterocycles. The first kappa shape index (κ1) is 17.4. The van der Waals surface area contributed by atoms with Crippen molar-refractivity contribution >= 4 is 20.0 Å². The second-order valence-corrected chi connectivity index (χ2v) is 9.16. The third-order valence-electron chi connectivity index (χ3n) is 3.93. The van der Waals surface area contributed by atoms with E-state index in [1.54, 1.807) is 14.0 Å². The normalized spacial score (nSPS) is 19.7. The van der Waals surface area contributed by atoms with Crippen molar-refractivity contribution in [3.05, 3.63) is 23.8 Å². The first-order valence-electron chi connectivity index (χ1n) is 6.93. The summed E-state index contributed by atoms with van der Waals surface area (Å²) in [7, 11) is -4.36. The van der Waals surface area contributed by atoms with Gasteiger partial charge in [0.1, 0.15) is 0 Å². The number of rotatable bonds is 5. The Kier molecular flexibility index (Phi) is 4.93. The lowest BCUT2D eigenvalue weighted by atomic mass is 10.2. The monoisotopic (exact) mass is 347 g/mol. The summed E-state index contributed by atoms with van der Waals surface area (Å²) in [5, 5.41) is 3.13. The van der Waals surface area contributed by atoms with Gasteiger partial charge in [-0.2, -0.15) is 4.31 Å². The molecule has 1 heterocycles. The van der Waals surface area contributed by atoms with Gasteiger partial charge in [0, 0.05) is 19.6 Å². The van der Waals surface area contributed by atoms with Crippen molar-refractivity contribution in [2.75, 3.05) is 27.2 Å². The van der Waals surface area contributed by atoms with E-state index in [0.29, 0.717) is 12.1 Å². The van der Waals surface area contributed by atoms with Gasteiger partial charge in [-0.1, -0.05) is 0 Å². The summed E-state index contributed by atoms with van der Waals surface area (Å²) in [5.74, 6) is 0. The number of benzene rings is 1. The number of hydrogen-bond acceptors (Lipinski definition) is 5. The lowest BCUT2D eigenvalue weighted by Gasteiger charge is -2.23. The quantitative estimate of drug-likeness (QED) is 0.775. The summed E-state index contributed by atoms with van der Waals surface area (Å²) in [4.78, 5) is 0.189. The molecule has 0 aliphatic carbocycles. The largest absolute Gasteiger partial charge is 0.315 e. The Balaban J connectivity index is 2.39. The molecular formula is C13H21N3O4S2. The zero-order chi connectivity index (χ0) is 16.5. The summed E-state index contributed by atoms with van der Waals surface area (Å²) in [6.45, 7) is 3.00. The van der Waals surface area contributed by atoms with E-state index in [4.69, 9.17) is 0 Å². The maximum Gasteiger partial charge on any atom is 0.243 e. The van der Waals surface area contributed by atoms with Crippen LogP contribution in [0.15, 0.2) is 28.0 Å². The lowest BCUT2D eigenvalue weighted by molar-refractivity contribution is 0.387. The molecule has 1 saturated heterocycles. The zero-order valence-corrected chi connectivity index (χ0v) is 14.5. The molecule has 2 rings (SSSR count). The Hall–Kier alpha value is -1.00. The van der Waals surface area contributed by atoms with E-state index < -0.39 is 20.0 Å². The third kappa shape index (κ3) is 3.18. The molecule has 0 aromatic heterocycles. The van der Waals surface area contributed by atoms with Gasteiger partial charge in [-0.05, 0) is 50.7 Å². The molecule has 0 saturated carbocycles. The fraction of sp³-hybridized carbons (Fsp3) is 0.538. The van der Waals surface area contributed by atoms with Crippen LogP contribution >= 0.6 is 0 Å². The van der Waals surface area contributed by atoms with E-state index in [0.717, 1.165) is 13.0 Å². The Morgan fingerprint density at radius 3 is 2.45 bits per heavy atom. The summed E-state index contributed by atoms with van der Waals surface area (Å²) in [6, 6.07) is 3.99. The van der Waals surface area contributed by atoms with E-state index in [9.17, 15) is 16.8 Å². The SMILES string of the molecule is CNS(=O)(=O)c1ccc(S(=O)(=O)N(C)C2CCNC2)cc1C. The maximum absolute atomic E-state index is 12.6. The summed E-state index contributed by atoms with van der Waals surface area (Å²) < 4.78 is 52.5. The molecule has 7 nitrogen and oxygen atoms in total.